The standard InChI is InChI=1S/C15H25NO2/c1-4-5-13-6-8-15(9-7-13)18-11-14(17)10-16-12(2)3/h6-9,12,14,16-17H,4-5,10-11H2,1-3H3. The van der Waals surface area contributed by atoms with E-state index in [0.29, 0.717) is 19.2 Å². The van der Waals surface area contributed by atoms with Gasteiger partial charge in [0.05, 0.1) is 0 Å². The van der Waals surface area contributed by atoms with Crippen LogP contribution in [0.15, 0.2) is 24.3 Å². The van der Waals surface area contributed by atoms with E-state index in [4.69, 9.17) is 4.74 Å². The van der Waals surface area contributed by atoms with Crippen LogP contribution in [-0.2, 0) is 6.42 Å². The van der Waals surface area contributed by atoms with Gasteiger partial charge in [0.15, 0.2) is 0 Å². The number of hydrogen-bond donors (Lipinski definition) is 2. The lowest BCUT2D eigenvalue weighted by Crippen LogP contribution is -2.35. The van der Waals surface area contributed by atoms with Gasteiger partial charge in [0.2, 0.25) is 0 Å². The van der Waals surface area contributed by atoms with Crippen LogP contribution in [0.3, 0.4) is 0 Å². The summed E-state index contributed by atoms with van der Waals surface area (Å²) < 4.78 is 5.54. The Balaban J connectivity index is 2.29. The van der Waals surface area contributed by atoms with Crippen LogP contribution in [0.2, 0.25) is 0 Å². The van der Waals surface area contributed by atoms with Crippen molar-refractivity contribution < 1.29 is 9.84 Å². The molecule has 18 heavy (non-hydrogen) atoms. The van der Waals surface area contributed by atoms with Crippen LogP contribution in [0.25, 0.3) is 0 Å². The van der Waals surface area contributed by atoms with Gasteiger partial charge in [-0.3, -0.25) is 0 Å². The summed E-state index contributed by atoms with van der Waals surface area (Å²) in [6.45, 7) is 7.17. The lowest BCUT2D eigenvalue weighted by atomic mass is 10.1. The summed E-state index contributed by atoms with van der Waals surface area (Å²) in [6, 6.07) is 8.48. The first-order valence-corrected chi connectivity index (χ1v) is 6.75. The molecule has 0 saturated heterocycles. The van der Waals surface area contributed by atoms with Crippen LogP contribution in [-0.4, -0.2) is 30.4 Å². The van der Waals surface area contributed by atoms with Crippen molar-refractivity contribution >= 4 is 0 Å². The van der Waals surface area contributed by atoms with E-state index in [9.17, 15) is 5.11 Å². The molecule has 0 fully saturated rings. The fraction of sp³-hybridized carbons (Fsp3) is 0.600. The number of aliphatic hydroxyl groups is 1. The molecule has 102 valence electrons. The van der Waals surface area contributed by atoms with Crippen molar-refractivity contribution in [1.29, 1.82) is 0 Å². The molecular formula is C15H25NO2. The van der Waals surface area contributed by atoms with Gasteiger partial charge in [0.25, 0.3) is 0 Å². The third-order valence-electron chi connectivity index (χ3n) is 2.67. The van der Waals surface area contributed by atoms with Crippen molar-refractivity contribution in [2.75, 3.05) is 13.2 Å². The third-order valence-corrected chi connectivity index (χ3v) is 2.67. The summed E-state index contributed by atoms with van der Waals surface area (Å²) in [5.41, 5.74) is 1.33. The molecule has 0 bridgehead atoms. The molecule has 1 atom stereocenters. The van der Waals surface area contributed by atoms with Crippen molar-refractivity contribution in [2.45, 2.75) is 45.8 Å². The molecule has 0 aliphatic rings. The van der Waals surface area contributed by atoms with Crippen molar-refractivity contribution in [1.82, 2.24) is 5.32 Å². The summed E-state index contributed by atoms with van der Waals surface area (Å²) >= 11 is 0. The summed E-state index contributed by atoms with van der Waals surface area (Å²) in [7, 11) is 0. The quantitative estimate of drug-likeness (QED) is 0.745. The zero-order chi connectivity index (χ0) is 13.4. The first-order chi connectivity index (χ1) is 8.61. The summed E-state index contributed by atoms with van der Waals surface area (Å²) in [4.78, 5) is 0. The van der Waals surface area contributed by atoms with Crippen LogP contribution in [0.4, 0.5) is 0 Å². The predicted octanol–water partition coefficient (Wildman–Crippen LogP) is 2.38. The first kappa shape index (κ1) is 15.0. The van der Waals surface area contributed by atoms with Gasteiger partial charge in [-0.2, -0.15) is 0 Å². The predicted molar refractivity (Wildman–Crippen MR) is 75.1 cm³/mol. The van der Waals surface area contributed by atoms with Gasteiger partial charge in [-0.25, -0.2) is 0 Å². The second kappa shape index (κ2) is 8.11. The minimum Gasteiger partial charge on any atom is -0.491 e. The highest BCUT2D eigenvalue weighted by Gasteiger charge is 2.05. The number of aliphatic hydroxyl groups excluding tert-OH is 1. The van der Waals surface area contributed by atoms with Crippen LogP contribution in [0.1, 0.15) is 32.8 Å². The second-order valence-electron chi connectivity index (χ2n) is 4.92. The molecule has 0 aromatic heterocycles. The molecule has 1 unspecified atom stereocenters. The maximum atomic E-state index is 9.71. The average molecular weight is 251 g/mol. The Kier molecular flexibility index (Phi) is 6.76. The maximum absolute atomic E-state index is 9.71. The summed E-state index contributed by atoms with van der Waals surface area (Å²) in [6.07, 6.45) is 1.78. The monoisotopic (exact) mass is 251 g/mol. The molecule has 3 heteroatoms. The van der Waals surface area contributed by atoms with Crippen molar-refractivity contribution in [3.8, 4) is 5.75 Å². The molecule has 1 aromatic carbocycles. The number of rotatable bonds is 8. The third kappa shape index (κ3) is 6.03. The molecule has 0 spiro atoms. The van der Waals surface area contributed by atoms with E-state index in [1.54, 1.807) is 0 Å². The number of benzene rings is 1. The minimum absolute atomic E-state index is 0.326. The minimum atomic E-state index is -0.470. The Morgan fingerprint density at radius 3 is 2.44 bits per heavy atom. The van der Waals surface area contributed by atoms with E-state index in [1.807, 2.05) is 12.1 Å². The van der Waals surface area contributed by atoms with Gasteiger partial charge in [-0.05, 0) is 24.1 Å². The molecule has 0 aliphatic heterocycles. The van der Waals surface area contributed by atoms with Crippen LogP contribution in [0, 0.1) is 0 Å². The molecule has 0 radical (unpaired) electrons. The van der Waals surface area contributed by atoms with Crippen LogP contribution >= 0.6 is 0 Å². The van der Waals surface area contributed by atoms with Crippen molar-refractivity contribution in [3.63, 3.8) is 0 Å². The highest BCUT2D eigenvalue weighted by atomic mass is 16.5. The molecule has 1 aromatic rings. The summed E-state index contributed by atoms with van der Waals surface area (Å²) in [5, 5.41) is 12.9. The van der Waals surface area contributed by atoms with E-state index in [0.717, 1.165) is 18.6 Å². The smallest absolute Gasteiger partial charge is 0.119 e. The van der Waals surface area contributed by atoms with Crippen LogP contribution in [0.5, 0.6) is 5.75 Å². The number of nitrogens with one attached hydrogen (secondary N) is 1. The molecule has 1 rings (SSSR count). The van der Waals surface area contributed by atoms with E-state index in [-0.39, 0.29) is 0 Å². The molecule has 0 amide bonds. The number of ether oxygens (including phenoxy) is 1. The Hall–Kier alpha value is -1.06. The molecule has 2 N–H and O–H groups in total. The number of aryl methyl sites for hydroxylation is 1. The molecule has 0 aliphatic carbocycles. The van der Waals surface area contributed by atoms with Gasteiger partial charge in [-0.1, -0.05) is 39.3 Å². The fourth-order valence-corrected chi connectivity index (χ4v) is 1.66. The van der Waals surface area contributed by atoms with Gasteiger partial charge in [0, 0.05) is 12.6 Å². The average Bonchev–Trinajstić information content (AvgIpc) is 2.36. The summed E-state index contributed by atoms with van der Waals surface area (Å²) in [5.74, 6) is 0.818. The lowest BCUT2D eigenvalue weighted by molar-refractivity contribution is 0.104. The Bertz CT molecular complexity index is 322. The Morgan fingerprint density at radius 1 is 1.22 bits per heavy atom. The number of hydrogen-bond acceptors (Lipinski definition) is 3. The molecule has 0 heterocycles. The van der Waals surface area contributed by atoms with Crippen molar-refractivity contribution in [2.24, 2.45) is 0 Å². The van der Waals surface area contributed by atoms with Crippen molar-refractivity contribution in [3.05, 3.63) is 29.8 Å². The van der Waals surface area contributed by atoms with Gasteiger partial charge >= 0.3 is 0 Å². The lowest BCUT2D eigenvalue weighted by Gasteiger charge is -2.15. The zero-order valence-corrected chi connectivity index (χ0v) is 11.6. The van der Waals surface area contributed by atoms with Gasteiger partial charge < -0.3 is 15.2 Å². The second-order valence-corrected chi connectivity index (χ2v) is 4.92. The molecular weight excluding hydrogens is 226 g/mol. The fourth-order valence-electron chi connectivity index (χ4n) is 1.66. The van der Waals surface area contributed by atoms with E-state index in [2.05, 4.69) is 38.2 Å². The SMILES string of the molecule is CCCc1ccc(OCC(O)CNC(C)C)cc1. The maximum Gasteiger partial charge on any atom is 0.119 e. The highest BCUT2D eigenvalue weighted by Crippen LogP contribution is 2.13. The molecule has 0 saturated carbocycles. The van der Waals surface area contributed by atoms with E-state index < -0.39 is 6.10 Å². The van der Waals surface area contributed by atoms with E-state index in [1.165, 1.54) is 5.56 Å². The largest absolute Gasteiger partial charge is 0.491 e. The molecule has 3 nitrogen and oxygen atoms in total. The van der Waals surface area contributed by atoms with Crippen LogP contribution < -0.4 is 10.1 Å². The van der Waals surface area contributed by atoms with E-state index >= 15 is 0 Å². The first-order valence-electron chi connectivity index (χ1n) is 6.75. The highest BCUT2D eigenvalue weighted by molar-refractivity contribution is 5.27. The van der Waals surface area contributed by atoms with Gasteiger partial charge in [0.1, 0.15) is 18.5 Å². The zero-order valence-electron chi connectivity index (χ0n) is 11.6. The van der Waals surface area contributed by atoms with Gasteiger partial charge in [-0.15, -0.1) is 0 Å². The topological polar surface area (TPSA) is 41.5 Å². The Labute approximate surface area is 110 Å². The Morgan fingerprint density at radius 2 is 1.89 bits per heavy atom. The normalized spacial score (nSPS) is 12.7.